The zero-order valence-electron chi connectivity index (χ0n) is 14.6. The first kappa shape index (κ1) is 21.2. The van der Waals surface area contributed by atoms with Gasteiger partial charge in [-0.1, -0.05) is 18.2 Å². The summed E-state index contributed by atoms with van der Waals surface area (Å²) in [5, 5.41) is 6.63. The van der Waals surface area contributed by atoms with E-state index < -0.39 is 10.0 Å². The van der Waals surface area contributed by atoms with Crippen LogP contribution < -0.4 is 10.6 Å². The third kappa shape index (κ3) is 5.89. The summed E-state index contributed by atoms with van der Waals surface area (Å²) in [5.74, 6) is 0.736. The summed E-state index contributed by atoms with van der Waals surface area (Å²) < 4.78 is 26.0. The van der Waals surface area contributed by atoms with Crippen molar-refractivity contribution < 1.29 is 8.42 Å². The molecule has 1 fully saturated rings. The quantitative estimate of drug-likeness (QED) is 0.383. The molecule has 2 rings (SSSR count). The van der Waals surface area contributed by atoms with E-state index in [2.05, 4.69) is 29.5 Å². The van der Waals surface area contributed by atoms with Crippen molar-refractivity contribution in [1.29, 1.82) is 0 Å². The van der Waals surface area contributed by atoms with E-state index in [1.54, 1.807) is 12.1 Å². The summed E-state index contributed by atoms with van der Waals surface area (Å²) >= 11 is 0. The van der Waals surface area contributed by atoms with Crippen molar-refractivity contribution in [1.82, 2.24) is 14.9 Å². The lowest BCUT2D eigenvalue weighted by Crippen LogP contribution is -2.42. The predicted octanol–water partition coefficient (Wildman–Crippen LogP) is 2.16. The highest BCUT2D eigenvalue weighted by Gasteiger charge is 2.23. The van der Waals surface area contributed by atoms with Gasteiger partial charge in [-0.2, -0.15) is 0 Å². The molecule has 0 unspecified atom stereocenters. The standard InChI is InChI=1S/C16H26N4O2S.HI/c1-12(2)18-16(19-14-9-10-14)17-11-13-7-5-6-8-15(13)23(21,22)20(3)4;/h5-8,12,14H,9-11H2,1-4H3,(H2,17,18,19);1H. The number of benzene rings is 1. The summed E-state index contributed by atoms with van der Waals surface area (Å²) in [7, 11) is -0.391. The Hall–Kier alpha value is -0.870. The summed E-state index contributed by atoms with van der Waals surface area (Å²) in [5.41, 5.74) is 0.696. The number of nitrogens with one attached hydrogen (secondary N) is 2. The van der Waals surface area contributed by atoms with Crippen molar-refractivity contribution in [3.63, 3.8) is 0 Å². The Morgan fingerprint density at radius 3 is 2.46 bits per heavy atom. The Labute approximate surface area is 162 Å². The van der Waals surface area contributed by atoms with Crippen LogP contribution in [0.1, 0.15) is 32.3 Å². The molecule has 0 radical (unpaired) electrons. The van der Waals surface area contributed by atoms with Crippen LogP contribution in [0.5, 0.6) is 0 Å². The maximum Gasteiger partial charge on any atom is 0.242 e. The van der Waals surface area contributed by atoms with Gasteiger partial charge in [0, 0.05) is 26.2 Å². The van der Waals surface area contributed by atoms with Gasteiger partial charge in [-0.15, -0.1) is 24.0 Å². The normalized spacial score (nSPS) is 15.3. The second-order valence-electron chi connectivity index (χ2n) is 6.28. The molecule has 0 atom stereocenters. The fourth-order valence-electron chi connectivity index (χ4n) is 2.07. The molecule has 2 N–H and O–H groups in total. The molecular formula is C16H27IN4O2S. The van der Waals surface area contributed by atoms with Crippen molar-refractivity contribution >= 4 is 40.0 Å². The van der Waals surface area contributed by atoms with Crippen LogP contribution in [-0.4, -0.2) is 44.9 Å². The molecule has 0 saturated heterocycles. The molecule has 1 aromatic rings. The molecule has 0 spiro atoms. The van der Waals surface area contributed by atoms with Gasteiger partial charge in [-0.25, -0.2) is 17.7 Å². The molecule has 6 nitrogen and oxygen atoms in total. The van der Waals surface area contributed by atoms with E-state index in [0.29, 0.717) is 23.0 Å². The van der Waals surface area contributed by atoms with E-state index in [1.165, 1.54) is 18.4 Å². The van der Waals surface area contributed by atoms with Gasteiger partial charge in [-0.3, -0.25) is 0 Å². The molecule has 0 heterocycles. The topological polar surface area (TPSA) is 73.8 Å². The number of halogens is 1. The van der Waals surface area contributed by atoms with Crippen LogP contribution in [0.3, 0.4) is 0 Å². The number of nitrogens with zero attached hydrogens (tertiary/aromatic N) is 2. The minimum atomic E-state index is -3.47. The third-order valence-electron chi connectivity index (χ3n) is 3.48. The lowest BCUT2D eigenvalue weighted by Gasteiger charge is -2.16. The molecular weight excluding hydrogens is 439 g/mol. The van der Waals surface area contributed by atoms with E-state index in [0.717, 1.165) is 18.8 Å². The highest BCUT2D eigenvalue weighted by atomic mass is 127. The highest BCUT2D eigenvalue weighted by molar-refractivity contribution is 14.0. The number of hydrogen-bond donors (Lipinski definition) is 2. The molecule has 0 bridgehead atoms. The lowest BCUT2D eigenvalue weighted by atomic mass is 10.2. The number of hydrogen-bond acceptors (Lipinski definition) is 3. The van der Waals surface area contributed by atoms with Crippen LogP contribution in [0.25, 0.3) is 0 Å². The van der Waals surface area contributed by atoms with Crippen LogP contribution >= 0.6 is 24.0 Å². The lowest BCUT2D eigenvalue weighted by molar-refractivity contribution is 0.519. The van der Waals surface area contributed by atoms with Gasteiger partial charge >= 0.3 is 0 Å². The molecule has 1 saturated carbocycles. The second kappa shape index (κ2) is 9.00. The van der Waals surface area contributed by atoms with Gasteiger partial charge in [-0.05, 0) is 38.3 Å². The number of guanidine groups is 1. The summed E-state index contributed by atoms with van der Waals surface area (Å²) in [4.78, 5) is 4.87. The second-order valence-corrected chi connectivity index (χ2v) is 8.40. The SMILES string of the molecule is CC(C)NC(=NCc1ccccc1S(=O)(=O)N(C)C)NC1CC1.I. The van der Waals surface area contributed by atoms with Gasteiger partial charge in [0.2, 0.25) is 10.0 Å². The van der Waals surface area contributed by atoms with Crippen molar-refractivity contribution in [2.45, 2.75) is 50.2 Å². The van der Waals surface area contributed by atoms with Crippen LogP contribution in [0.15, 0.2) is 34.2 Å². The van der Waals surface area contributed by atoms with E-state index in [4.69, 9.17) is 0 Å². The summed E-state index contributed by atoms with van der Waals surface area (Å²) in [6.07, 6.45) is 2.31. The average Bonchev–Trinajstić information content (AvgIpc) is 3.28. The predicted molar refractivity (Wildman–Crippen MR) is 108 cm³/mol. The molecule has 1 aromatic carbocycles. The Morgan fingerprint density at radius 1 is 1.29 bits per heavy atom. The Bertz CT molecular complexity index is 664. The first-order valence-corrected chi connectivity index (χ1v) is 9.32. The Balaban J connectivity index is 0.00000288. The number of sulfonamides is 1. The van der Waals surface area contributed by atoms with Crippen LogP contribution in [0.4, 0.5) is 0 Å². The zero-order chi connectivity index (χ0) is 17.0. The van der Waals surface area contributed by atoms with Crippen molar-refractivity contribution in [2.24, 2.45) is 4.99 Å². The Kier molecular flexibility index (Phi) is 7.94. The molecule has 0 amide bonds. The first-order chi connectivity index (χ1) is 10.8. The van der Waals surface area contributed by atoms with Crippen molar-refractivity contribution in [2.75, 3.05) is 14.1 Å². The summed E-state index contributed by atoms with van der Waals surface area (Å²) in [6.45, 7) is 4.42. The van der Waals surface area contributed by atoms with E-state index in [9.17, 15) is 8.42 Å². The number of aliphatic imine (C=N–C) groups is 1. The van der Waals surface area contributed by atoms with Crippen molar-refractivity contribution in [3.05, 3.63) is 29.8 Å². The molecule has 0 aliphatic heterocycles. The van der Waals surface area contributed by atoms with Gasteiger partial charge < -0.3 is 10.6 Å². The average molecular weight is 466 g/mol. The van der Waals surface area contributed by atoms with Crippen LogP contribution in [0.2, 0.25) is 0 Å². The van der Waals surface area contributed by atoms with Crippen LogP contribution in [0, 0.1) is 0 Å². The minimum absolute atomic E-state index is 0. The largest absolute Gasteiger partial charge is 0.354 e. The van der Waals surface area contributed by atoms with E-state index in [1.807, 2.05) is 12.1 Å². The third-order valence-corrected chi connectivity index (χ3v) is 5.40. The molecule has 8 heteroatoms. The van der Waals surface area contributed by atoms with Gasteiger partial charge in [0.25, 0.3) is 0 Å². The molecule has 1 aliphatic carbocycles. The fourth-order valence-corrected chi connectivity index (χ4v) is 3.18. The molecule has 1 aliphatic rings. The summed E-state index contributed by atoms with van der Waals surface area (Å²) in [6, 6.07) is 7.76. The first-order valence-electron chi connectivity index (χ1n) is 7.88. The van der Waals surface area contributed by atoms with Gasteiger partial charge in [0.15, 0.2) is 5.96 Å². The smallest absolute Gasteiger partial charge is 0.242 e. The van der Waals surface area contributed by atoms with E-state index >= 15 is 0 Å². The van der Waals surface area contributed by atoms with Crippen LogP contribution in [-0.2, 0) is 16.6 Å². The fraction of sp³-hybridized carbons (Fsp3) is 0.562. The minimum Gasteiger partial charge on any atom is -0.354 e. The Morgan fingerprint density at radius 2 is 1.92 bits per heavy atom. The molecule has 24 heavy (non-hydrogen) atoms. The molecule has 0 aromatic heterocycles. The van der Waals surface area contributed by atoms with E-state index in [-0.39, 0.29) is 30.0 Å². The maximum atomic E-state index is 12.4. The maximum absolute atomic E-state index is 12.4. The highest BCUT2D eigenvalue weighted by Crippen LogP contribution is 2.20. The monoisotopic (exact) mass is 466 g/mol. The molecule has 136 valence electrons. The van der Waals surface area contributed by atoms with Crippen molar-refractivity contribution in [3.8, 4) is 0 Å². The van der Waals surface area contributed by atoms with Gasteiger partial charge in [0.1, 0.15) is 0 Å². The zero-order valence-corrected chi connectivity index (χ0v) is 17.8. The van der Waals surface area contributed by atoms with Gasteiger partial charge in [0.05, 0.1) is 11.4 Å². The number of rotatable bonds is 6.